The molecular weight excluding hydrogens is 346 g/mol. The number of fused-ring (bicyclic) bond motifs is 1. The van der Waals surface area contributed by atoms with Crippen molar-refractivity contribution in [1.29, 1.82) is 0 Å². The first-order valence-electron chi connectivity index (χ1n) is 9.09. The van der Waals surface area contributed by atoms with Crippen LogP contribution in [0.1, 0.15) is 43.1 Å². The molecule has 4 rings (SSSR count). The van der Waals surface area contributed by atoms with Crippen molar-refractivity contribution in [3.63, 3.8) is 0 Å². The van der Waals surface area contributed by atoms with Crippen molar-refractivity contribution in [2.45, 2.75) is 38.3 Å². The Hall–Kier alpha value is -2.18. The van der Waals surface area contributed by atoms with Crippen molar-refractivity contribution in [3.05, 3.63) is 57.5 Å². The van der Waals surface area contributed by atoms with Gasteiger partial charge in [0.1, 0.15) is 16.3 Å². The third kappa shape index (κ3) is 3.52. The molecule has 1 atom stereocenters. The molecule has 0 radical (unpaired) electrons. The number of methoxy groups -OCH3 is 1. The van der Waals surface area contributed by atoms with Gasteiger partial charge in [0.15, 0.2) is 0 Å². The van der Waals surface area contributed by atoms with Crippen LogP contribution >= 0.6 is 11.3 Å². The van der Waals surface area contributed by atoms with E-state index in [0.29, 0.717) is 17.3 Å². The Balaban J connectivity index is 1.62. The minimum Gasteiger partial charge on any atom is -0.497 e. The molecule has 136 valence electrons. The Morgan fingerprint density at radius 2 is 2.08 bits per heavy atom. The molecule has 1 N–H and O–H groups in total. The monoisotopic (exact) mass is 369 g/mol. The summed E-state index contributed by atoms with van der Waals surface area (Å²) in [5.74, 6) is 1.63. The van der Waals surface area contributed by atoms with Gasteiger partial charge in [-0.1, -0.05) is 25.0 Å². The number of ether oxygens (including phenoxy) is 1. The Labute approximate surface area is 156 Å². The maximum absolute atomic E-state index is 12.3. The number of thiophene rings is 1. The van der Waals surface area contributed by atoms with Crippen LogP contribution in [-0.2, 0) is 6.54 Å². The van der Waals surface area contributed by atoms with Crippen LogP contribution in [-0.4, -0.2) is 28.5 Å². The van der Waals surface area contributed by atoms with Crippen LogP contribution in [0.5, 0.6) is 5.75 Å². The topological polar surface area (TPSA) is 58.2 Å². The molecule has 1 aromatic carbocycles. The van der Waals surface area contributed by atoms with E-state index in [0.717, 1.165) is 30.1 Å². The van der Waals surface area contributed by atoms with Gasteiger partial charge in [-0.3, -0.25) is 9.69 Å². The maximum atomic E-state index is 12.3. The van der Waals surface area contributed by atoms with Crippen LogP contribution in [0.4, 0.5) is 0 Å². The zero-order valence-corrected chi connectivity index (χ0v) is 15.7. The van der Waals surface area contributed by atoms with Gasteiger partial charge in [-0.25, -0.2) is 4.98 Å². The normalized spacial score (nSPS) is 18.7. The molecule has 0 spiro atoms. The average molecular weight is 369 g/mol. The molecule has 0 aliphatic carbocycles. The number of hydrogen-bond acceptors (Lipinski definition) is 5. The highest BCUT2D eigenvalue weighted by atomic mass is 32.1. The summed E-state index contributed by atoms with van der Waals surface area (Å²) < 4.78 is 5.99. The molecule has 0 unspecified atom stereocenters. The van der Waals surface area contributed by atoms with Gasteiger partial charge in [-0.2, -0.15) is 0 Å². The molecule has 1 fully saturated rings. The van der Waals surface area contributed by atoms with Crippen molar-refractivity contribution < 1.29 is 4.74 Å². The number of nitrogens with one attached hydrogen (secondary N) is 1. The summed E-state index contributed by atoms with van der Waals surface area (Å²) in [6.07, 6.45) is 4.77. The van der Waals surface area contributed by atoms with E-state index in [2.05, 4.69) is 27.0 Å². The number of aromatic amines is 1. The smallest absolute Gasteiger partial charge is 0.268 e. The van der Waals surface area contributed by atoms with E-state index < -0.39 is 0 Å². The van der Waals surface area contributed by atoms with Crippen molar-refractivity contribution in [2.75, 3.05) is 13.7 Å². The lowest BCUT2D eigenvalue weighted by atomic mass is 10.0. The van der Waals surface area contributed by atoms with Crippen LogP contribution in [0.15, 0.2) is 40.5 Å². The Morgan fingerprint density at radius 3 is 2.88 bits per heavy atom. The molecule has 5 nitrogen and oxygen atoms in total. The first-order chi connectivity index (χ1) is 12.7. The maximum Gasteiger partial charge on any atom is 0.268 e. The lowest BCUT2D eigenvalue weighted by molar-refractivity contribution is 0.187. The number of H-pyrrole nitrogens is 1. The minimum absolute atomic E-state index is 0.0316. The van der Waals surface area contributed by atoms with Crippen molar-refractivity contribution >= 4 is 21.6 Å². The van der Waals surface area contributed by atoms with Crippen LogP contribution in [0.3, 0.4) is 0 Å². The van der Waals surface area contributed by atoms with Gasteiger partial charge >= 0.3 is 0 Å². The predicted molar refractivity (Wildman–Crippen MR) is 105 cm³/mol. The highest BCUT2D eigenvalue weighted by Crippen LogP contribution is 2.32. The fourth-order valence-corrected chi connectivity index (χ4v) is 4.47. The van der Waals surface area contributed by atoms with E-state index in [4.69, 9.17) is 4.74 Å². The summed E-state index contributed by atoms with van der Waals surface area (Å²) in [6, 6.07) is 10.6. The molecule has 0 saturated carbocycles. The highest BCUT2D eigenvalue weighted by molar-refractivity contribution is 7.17. The van der Waals surface area contributed by atoms with Crippen LogP contribution in [0.25, 0.3) is 10.2 Å². The average Bonchev–Trinajstić information content (AvgIpc) is 3.02. The number of rotatable bonds is 4. The van der Waals surface area contributed by atoms with Gasteiger partial charge in [0.05, 0.1) is 19.2 Å². The number of likely N-dealkylation sites (tertiary alicyclic amines) is 1. The molecule has 26 heavy (non-hydrogen) atoms. The van der Waals surface area contributed by atoms with E-state index in [1.165, 1.54) is 36.2 Å². The zero-order chi connectivity index (χ0) is 17.9. The molecular formula is C20H23N3O2S. The second-order valence-corrected chi connectivity index (χ2v) is 7.67. The van der Waals surface area contributed by atoms with E-state index in [9.17, 15) is 4.79 Å². The second kappa shape index (κ2) is 7.60. The summed E-state index contributed by atoms with van der Waals surface area (Å²) in [5.41, 5.74) is 2.06. The van der Waals surface area contributed by atoms with Gasteiger partial charge < -0.3 is 9.72 Å². The minimum atomic E-state index is -0.0316. The molecule has 3 aromatic rings. The predicted octanol–water partition coefficient (Wildman–Crippen LogP) is 4.11. The van der Waals surface area contributed by atoms with Crippen LogP contribution in [0.2, 0.25) is 0 Å². The molecule has 0 amide bonds. The summed E-state index contributed by atoms with van der Waals surface area (Å²) in [7, 11) is 1.69. The molecule has 3 heterocycles. The highest BCUT2D eigenvalue weighted by Gasteiger charge is 2.23. The Kier molecular flexibility index (Phi) is 5.04. The largest absolute Gasteiger partial charge is 0.497 e. The van der Waals surface area contributed by atoms with E-state index in [-0.39, 0.29) is 5.56 Å². The molecule has 0 bridgehead atoms. The van der Waals surface area contributed by atoms with Gasteiger partial charge in [0.2, 0.25) is 0 Å². The summed E-state index contributed by atoms with van der Waals surface area (Å²) in [5, 5.41) is 1.92. The molecule has 2 aromatic heterocycles. The zero-order valence-electron chi connectivity index (χ0n) is 14.9. The van der Waals surface area contributed by atoms with Crippen molar-refractivity contribution in [1.82, 2.24) is 14.9 Å². The van der Waals surface area contributed by atoms with E-state index in [1.54, 1.807) is 7.11 Å². The number of benzene rings is 1. The summed E-state index contributed by atoms with van der Waals surface area (Å²) in [6.45, 7) is 1.68. The lowest BCUT2D eigenvalue weighted by Crippen LogP contribution is -2.30. The number of nitrogens with zero attached hydrogens (tertiary/aromatic N) is 2. The molecule has 6 heteroatoms. The molecule has 1 aliphatic heterocycles. The Bertz CT molecular complexity index is 932. The van der Waals surface area contributed by atoms with Gasteiger partial charge in [0, 0.05) is 6.04 Å². The number of hydrogen-bond donors (Lipinski definition) is 1. The van der Waals surface area contributed by atoms with Gasteiger partial charge in [-0.05, 0) is 48.5 Å². The first kappa shape index (κ1) is 17.2. The standard InChI is InChI=1S/C20H23N3O2S/c1-25-15-8-6-14(7-9-15)17-5-3-2-4-11-23(17)13-18-21-16-10-12-26-19(16)20(24)22-18/h6-10,12,17H,2-5,11,13H2,1H3,(H,21,22,24)/t17-/m0/s1. The Morgan fingerprint density at radius 1 is 1.23 bits per heavy atom. The lowest BCUT2D eigenvalue weighted by Gasteiger charge is -2.30. The molecule has 1 saturated heterocycles. The second-order valence-electron chi connectivity index (χ2n) is 6.76. The van der Waals surface area contributed by atoms with E-state index in [1.807, 2.05) is 23.6 Å². The summed E-state index contributed by atoms with van der Waals surface area (Å²) in [4.78, 5) is 22.4. The number of aromatic nitrogens is 2. The SMILES string of the molecule is COc1ccc([C@@H]2CCCCCN2Cc2nc3ccsc3c(=O)[nH]2)cc1. The fourth-order valence-electron chi connectivity index (χ4n) is 3.75. The van der Waals surface area contributed by atoms with E-state index >= 15 is 0 Å². The van der Waals surface area contributed by atoms with Crippen molar-refractivity contribution in [2.24, 2.45) is 0 Å². The van der Waals surface area contributed by atoms with Crippen LogP contribution < -0.4 is 10.3 Å². The fraction of sp³-hybridized carbons (Fsp3) is 0.400. The van der Waals surface area contributed by atoms with Gasteiger partial charge in [0.25, 0.3) is 5.56 Å². The van der Waals surface area contributed by atoms with Gasteiger partial charge in [-0.15, -0.1) is 11.3 Å². The van der Waals surface area contributed by atoms with Crippen molar-refractivity contribution in [3.8, 4) is 5.75 Å². The summed E-state index contributed by atoms with van der Waals surface area (Å²) >= 11 is 1.44. The van der Waals surface area contributed by atoms with Crippen LogP contribution in [0, 0.1) is 0 Å². The third-order valence-corrected chi connectivity index (χ3v) is 5.98. The quantitative estimate of drug-likeness (QED) is 0.752. The third-order valence-electron chi connectivity index (χ3n) is 5.08. The molecule has 1 aliphatic rings. The first-order valence-corrected chi connectivity index (χ1v) is 9.97.